The standard InChI is InChI=1S/C15H24N4O2/c1-18-13(10-12-2-3-12)16-17-14(18)19-6-9-21-15(11-19)4-7-20-8-5-15/h12H,2-11H2,1H3. The molecular formula is C15H24N4O2. The van der Waals surface area contributed by atoms with Gasteiger partial charge in [0.15, 0.2) is 0 Å². The van der Waals surface area contributed by atoms with Crippen molar-refractivity contribution in [2.24, 2.45) is 13.0 Å². The zero-order valence-electron chi connectivity index (χ0n) is 12.8. The first-order chi connectivity index (χ1) is 10.3. The molecule has 0 N–H and O–H groups in total. The van der Waals surface area contributed by atoms with Crippen molar-refractivity contribution < 1.29 is 9.47 Å². The molecule has 1 saturated carbocycles. The second-order valence-electron chi connectivity index (χ2n) is 6.69. The zero-order valence-corrected chi connectivity index (χ0v) is 12.8. The summed E-state index contributed by atoms with van der Waals surface area (Å²) in [6.07, 6.45) is 5.74. The molecule has 1 aromatic rings. The summed E-state index contributed by atoms with van der Waals surface area (Å²) in [5.41, 5.74) is -0.0426. The van der Waals surface area contributed by atoms with Crippen molar-refractivity contribution in [2.75, 3.05) is 37.8 Å². The predicted octanol–water partition coefficient (Wildman–Crippen LogP) is 1.15. The molecule has 2 saturated heterocycles. The third-order valence-corrected chi connectivity index (χ3v) is 5.05. The molecule has 3 fully saturated rings. The molecule has 4 rings (SSSR count). The van der Waals surface area contributed by atoms with Gasteiger partial charge in [0.05, 0.1) is 18.8 Å². The van der Waals surface area contributed by atoms with Crippen molar-refractivity contribution in [2.45, 2.75) is 37.7 Å². The molecule has 0 bridgehead atoms. The Balaban J connectivity index is 1.51. The Kier molecular flexibility index (Phi) is 3.38. The van der Waals surface area contributed by atoms with Gasteiger partial charge in [-0.1, -0.05) is 0 Å². The Morgan fingerprint density at radius 2 is 2.00 bits per heavy atom. The van der Waals surface area contributed by atoms with E-state index in [2.05, 4.69) is 26.7 Å². The average Bonchev–Trinajstić information content (AvgIpc) is 3.24. The first-order valence-electron chi connectivity index (χ1n) is 8.11. The summed E-state index contributed by atoms with van der Waals surface area (Å²) in [5.74, 6) is 2.96. The van der Waals surface area contributed by atoms with E-state index in [-0.39, 0.29) is 5.60 Å². The van der Waals surface area contributed by atoms with E-state index in [0.29, 0.717) is 0 Å². The van der Waals surface area contributed by atoms with Crippen molar-refractivity contribution in [3.05, 3.63) is 5.82 Å². The topological polar surface area (TPSA) is 52.4 Å². The lowest BCUT2D eigenvalue weighted by atomic mass is 9.92. The quantitative estimate of drug-likeness (QED) is 0.836. The highest BCUT2D eigenvalue weighted by Crippen LogP contribution is 2.34. The number of anilines is 1. The minimum Gasteiger partial charge on any atom is -0.381 e. The Labute approximate surface area is 125 Å². The highest BCUT2D eigenvalue weighted by atomic mass is 16.5. The fraction of sp³-hybridized carbons (Fsp3) is 0.867. The Hall–Kier alpha value is -1.14. The molecule has 1 spiro atoms. The Morgan fingerprint density at radius 1 is 1.19 bits per heavy atom. The fourth-order valence-electron chi connectivity index (χ4n) is 3.45. The highest BCUT2D eigenvalue weighted by Gasteiger charge is 2.39. The van der Waals surface area contributed by atoms with Crippen molar-refractivity contribution in [1.29, 1.82) is 0 Å². The number of hydrogen-bond donors (Lipinski definition) is 0. The van der Waals surface area contributed by atoms with Crippen LogP contribution < -0.4 is 4.90 Å². The summed E-state index contributed by atoms with van der Waals surface area (Å²) in [4.78, 5) is 2.35. The second kappa shape index (κ2) is 5.25. The van der Waals surface area contributed by atoms with Crippen LogP contribution in [-0.4, -0.2) is 53.3 Å². The third-order valence-electron chi connectivity index (χ3n) is 5.05. The van der Waals surface area contributed by atoms with Crippen LogP contribution in [0.3, 0.4) is 0 Å². The first kappa shape index (κ1) is 13.5. The van der Waals surface area contributed by atoms with Gasteiger partial charge in [-0.05, 0) is 18.8 Å². The minimum atomic E-state index is -0.0426. The van der Waals surface area contributed by atoms with Gasteiger partial charge in [-0.15, -0.1) is 10.2 Å². The van der Waals surface area contributed by atoms with Crippen LogP contribution in [0.5, 0.6) is 0 Å². The summed E-state index contributed by atoms with van der Waals surface area (Å²) in [5, 5.41) is 8.86. The van der Waals surface area contributed by atoms with Crippen LogP contribution in [0.25, 0.3) is 0 Å². The van der Waals surface area contributed by atoms with Crippen molar-refractivity contribution >= 4 is 5.95 Å². The van der Waals surface area contributed by atoms with Crippen LogP contribution in [-0.2, 0) is 22.9 Å². The average molecular weight is 292 g/mol. The van der Waals surface area contributed by atoms with Crippen molar-refractivity contribution in [3.63, 3.8) is 0 Å². The summed E-state index contributed by atoms with van der Waals surface area (Å²) in [6, 6.07) is 0. The van der Waals surface area contributed by atoms with E-state index in [1.165, 1.54) is 12.8 Å². The molecule has 6 nitrogen and oxygen atoms in total. The SMILES string of the molecule is Cn1c(CC2CC2)nnc1N1CCOC2(CCOCC2)C1. The molecule has 3 heterocycles. The largest absolute Gasteiger partial charge is 0.381 e. The highest BCUT2D eigenvalue weighted by molar-refractivity contribution is 5.33. The third kappa shape index (κ3) is 2.66. The zero-order chi connectivity index (χ0) is 14.3. The number of nitrogens with zero attached hydrogens (tertiary/aromatic N) is 4. The molecule has 2 aliphatic heterocycles. The van der Waals surface area contributed by atoms with Crippen molar-refractivity contribution in [1.82, 2.24) is 14.8 Å². The molecule has 1 aromatic heterocycles. The predicted molar refractivity (Wildman–Crippen MR) is 78.4 cm³/mol. The van der Waals surface area contributed by atoms with E-state index in [9.17, 15) is 0 Å². The summed E-state index contributed by atoms with van der Waals surface area (Å²) in [6.45, 7) is 4.19. The number of rotatable bonds is 3. The van der Waals surface area contributed by atoms with Gasteiger partial charge >= 0.3 is 0 Å². The van der Waals surface area contributed by atoms with Gasteiger partial charge in [-0.25, -0.2) is 0 Å². The monoisotopic (exact) mass is 292 g/mol. The van der Waals surface area contributed by atoms with Crippen LogP contribution in [0, 0.1) is 5.92 Å². The molecule has 1 aliphatic carbocycles. The van der Waals surface area contributed by atoms with Gasteiger partial charge in [0.1, 0.15) is 5.82 Å². The van der Waals surface area contributed by atoms with E-state index in [1.807, 2.05) is 0 Å². The molecule has 0 amide bonds. The molecule has 0 radical (unpaired) electrons. The minimum absolute atomic E-state index is 0.0426. The lowest BCUT2D eigenvalue weighted by Crippen LogP contribution is -2.55. The second-order valence-corrected chi connectivity index (χ2v) is 6.69. The molecule has 3 aliphatic rings. The van der Waals surface area contributed by atoms with Gasteiger partial charge in [0.25, 0.3) is 0 Å². The van der Waals surface area contributed by atoms with E-state index >= 15 is 0 Å². The molecule has 6 heteroatoms. The van der Waals surface area contributed by atoms with Gasteiger partial charge in [-0.3, -0.25) is 0 Å². The fourth-order valence-corrected chi connectivity index (χ4v) is 3.45. The van der Waals surface area contributed by atoms with Gasteiger partial charge < -0.3 is 18.9 Å². The molecular weight excluding hydrogens is 268 g/mol. The number of aromatic nitrogens is 3. The number of morpholine rings is 1. The first-order valence-corrected chi connectivity index (χ1v) is 8.11. The van der Waals surface area contributed by atoms with Crippen molar-refractivity contribution in [3.8, 4) is 0 Å². The molecule has 21 heavy (non-hydrogen) atoms. The Bertz CT molecular complexity index is 500. The van der Waals surface area contributed by atoms with Gasteiger partial charge in [0.2, 0.25) is 5.95 Å². The van der Waals surface area contributed by atoms with E-state index in [4.69, 9.17) is 9.47 Å². The maximum atomic E-state index is 6.10. The summed E-state index contributed by atoms with van der Waals surface area (Å²) < 4.78 is 13.8. The van der Waals surface area contributed by atoms with E-state index < -0.39 is 0 Å². The van der Waals surface area contributed by atoms with Gasteiger partial charge in [-0.2, -0.15) is 0 Å². The lowest BCUT2D eigenvalue weighted by molar-refractivity contribution is -0.116. The number of hydrogen-bond acceptors (Lipinski definition) is 5. The normalized spacial score (nSPS) is 25.5. The summed E-state index contributed by atoms with van der Waals surface area (Å²) in [7, 11) is 2.10. The molecule has 0 aromatic carbocycles. The maximum absolute atomic E-state index is 6.10. The van der Waals surface area contributed by atoms with Crippen LogP contribution in [0.4, 0.5) is 5.95 Å². The smallest absolute Gasteiger partial charge is 0.227 e. The van der Waals surface area contributed by atoms with Crippen LogP contribution in [0.1, 0.15) is 31.5 Å². The van der Waals surface area contributed by atoms with E-state index in [0.717, 1.165) is 69.9 Å². The van der Waals surface area contributed by atoms with E-state index in [1.54, 1.807) is 0 Å². The van der Waals surface area contributed by atoms with Crippen LogP contribution >= 0.6 is 0 Å². The molecule has 0 atom stereocenters. The Morgan fingerprint density at radius 3 is 2.76 bits per heavy atom. The van der Waals surface area contributed by atoms with Gasteiger partial charge in [0, 0.05) is 46.1 Å². The summed E-state index contributed by atoms with van der Waals surface area (Å²) >= 11 is 0. The maximum Gasteiger partial charge on any atom is 0.227 e. The van der Waals surface area contributed by atoms with Crippen LogP contribution in [0.15, 0.2) is 0 Å². The lowest BCUT2D eigenvalue weighted by Gasteiger charge is -2.44. The molecule has 0 unspecified atom stereocenters. The number of ether oxygens (including phenoxy) is 2. The molecule has 116 valence electrons. The van der Waals surface area contributed by atoms with Crippen LogP contribution in [0.2, 0.25) is 0 Å².